The van der Waals surface area contributed by atoms with E-state index in [2.05, 4.69) is 4.74 Å². The van der Waals surface area contributed by atoms with E-state index in [-0.39, 0.29) is 0 Å². The molecule has 1 aliphatic rings. The van der Waals surface area contributed by atoms with Crippen LogP contribution in [0.5, 0.6) is 0 Å². The van der Waals surface area contributed by atoms with Crippen LogP contribution >= 0.6 is 11.6 Å². The number of halogens is 4. The highest BCUT2D eigenvalue weighted by Crippen LogP contribution is 2.60. The van der Waals surface area contributed by atoms with E-state index in [1.54, 1.807) is 13.8 Å². The van der Waals surface area contributed by atoms with Gasteiger partial charge in [0.1, 0.15) is 5.03 Å². The van der Waals surface area contributed by atoms with E-state index in [0.717, 1.165) is 6.08 Å². The van der Waals surface area contributed by atoms with E-state index in [1.807, 2.05) is 0 Å². The predicted octanol–water partition coefficient (Wildman–Crippen LogP) is 3.12. The SMILES string of the molecule is COC(=O)C1C(C=C(Cl)C(F)(F)F)C1(C)C. The fourth-order valence-corrected chi connectivity index (χ4v) is 1.95. The highest BCUT2D eigenvalue weighted by Gasteiger charge is 2.62. The molecule has 0 aromatic rings. The highest BCUT2D eigenvalue weighted by atomic mass is 35.5. The number of carbonyl (C=O) groups excluding carboxylic acids is 1. The maximum Gasteiger partial charge on any atom is 0.426 e. The van der Waals surface area contributed by atoms with Gasteiger partial charge in [0, 0.05) is 0 Å². The van der Waals surface area contributed by atoms with Crippen molar-refractivity contribution in [2.45, 2.75) is 20.0 Å². The fourth-order valence-electron chi connectivity index (χ4n) is 1.82. The summed E-state index contributed by atoms with van der Waals surface area (Å²) in [4.78, 5) is 11.3. The molecule has 0 N–H and O–H groups in total. The summed E-state index contributed by atoms with van der Waals surface area (Å²) in [7, 11) is 1.21. The number of carbonyl (C=O) groups is 1. The third-order valence-electron chi connectivity index (χ3n) is 2.96. The van der Waals surface area contributed by atoms with Gasteiger partial charge in [0.15, 0.2) is 0 Å². The number of allylic oxidation sites excluding steroid dienone is 2. The van der Waals surface area contributed by atoms with Crippen molar-refractivity contribution in [2.75, 3.05) is 7.11 Å². The molecule has 0 heterocycles. The van der Waals surface area contributed by atoms with E-state index in [0.29, 0.717) is 0 Å². The summed E-state index contributed by atoms with van der Waals surface area (Å²) in [6.07, 6.45) is -3.66. The zero-order chi connectivity index (χ0) is 12.7. The van der Waals surface area contributed by atoms with Crippen molar-refractivity contribution in [2.24, 2.45) is 17.3 Å². The number of rotatable bonds is 2. The van der Waals surface area contributed by atoms with Crippen LogP contribution in [-0.2, 0) is 9.53 Å². The lowest BCUT2D eigenvalue weighted by atomic mass is 10.1. The standard InChI is InChI=1S/C10H12ClF3O2/c1-9(2)5(7(9)8(15)16-3)4-6(11)10(12,13)14/h4-5,7H,1-3H3. The van der Waals surface area contributed by atoms with Crippen LogP contribution in [0, 0.1) is 17.3 Å². The second-order valence-corrected chi connectivity index (χ2v) is 4.77. The number of esters is 1. The molecule has 2 atom stereocenters. The average molecular weight is 257 g/mol. The molecule has 0 aromatic carbocycles. The van der Waals surface area contributed by atoms with Crippen molar-refractivity contribution in [3.8, 4) is 0 Å². The van der Waals surface area contributed by atoms with Gasteiger partial charge in [-0.3, -0.25) is 4.79 Å². The summed E-state index contributed by atoms with van der Waals surface area (Å²) in [5.41, 5.74) is -0.529. The molecule has 2 unspecified atom stereocenters. The van der Waals surface area contributed by atoms with E-state index >= 15 is 0 Å². The molecule has 1 fully saturated rings. The zero-order valence-corrected chi connectivity index (χ0v) is 9.82. The van der Waals surface area contributed by atoms with Crippen molar-refractivity contribution in [1.82, 2.24) is 0 Å². The Bertz CT molecular complexity index is 333. The highest BCUT2D eigenvalue weighted by molar-refractivity contribution is 6.30. The number of hydrogen-bond acceptors (Lipinski definition) is 2. The molecule has 1 rings (SSSR count). The van der Waals surface area contributed by atoms with Gasteiger partial charge in [-0.15, -0.1) is 0 Å². The third-order valence-corrected chi connectivity index (χ3v) is 3.30. The third kappa shape index (κ3) is 2.34. The largest absolute Gasteiger partial charge is 0.469 e. The Morgan fingerprint density at radius 2 is 1.94 bits per heavy atom. The minimum Gasteiger partial charge on any atom is -0.469 e. The molecule has 0 amide bonds. The monoisotopic (exact) mass is 256 g/mol. The van der Waals surface area contributed by atoms with Crippen LogP contribution in [0.1, 0.15) is 13.8 Å². The maximum atomic E-state index is 12.2. The number of methoxy groups -OCH3 is 1. The Morgan fingerprint density at radius 1 is 1.44 bits per heavy atom. The first kappa shape index (κ1) is 13.4. The Labute approximate surface area is 96.4 Å². The maximum absolute atomic E-state index is 12.2. The Kier molecular flexibility index (Phi) is 3.29. The first-order valence-electron chi connectivity index (χ1n) is 4.64. The molecule has 1 saturated carbocycles. The molecule has 0 spiro atoms. The van der Waals surface area contributed by atoms with Crippen molar-refractivity contribution < 1.29 is 22.7 Å². The lowest BCUT2D eigenvalue weighted by Gasteiger charge is -2.04. The van der Waals surface area contributed by atoms with Crippen LogP contribution in [0.25, 0.3) is 0 Å². The fraction of sp³-hybridized carbons (Fsp3) is 0.700. The van der Waals surface area contributed by atoms with Gasteiger partial charge in [0.2, 0.25) is 0 Å². The molecule has 2 nitrogen and oxygen atoms in total. The van der Waals surface area contributed by atoms with Crippen LogP contribution in [0.15, 0.2) is 11.1 Å². The van der Waals surface area contributed by atoms with Crippen molar-refractivity contribution in [1.29, 1.82) is 0 Å². The second kappa shape index (κ2) is 3.95. The van der Waals surface area contributed by atoms with E-state index in [9.17, 15) is 18.0 Å². The summed E-state index contributed by atoms with van der Waals surface area (Å²) >= 11 is 5.12. The van der Waals surface area contributed by atoms with Crippen LogP contribution in [0.4, 0.5) is 13.2 Å². The molecule has 0 aromatic heterocycles. The van der Waals surface area contributed by atoms with Gasteiger partial charge in [-0.1, -0.05) is 31.5 Å². The first-order chi connectivity index (χ1) is 7.12. The predicted molar refractivity (Wildman–Crippen MR) is 52.8 cm³/mol. The molecule has 16 heavy (non-hydrogen) atoms. The van der Waals surface area contributed by atoms with Gasteiger partial charge in [-0.2, -0.15) is 13.2 Å². The van der Waals surface area contributed by atoms with Crippen LogP contribution < -0.4 is 0 Å². The van der Waals surface area contributed by atoms with Crippen molar-refractivity contribution >= 4 is 17.6 Å². The van der Waals surface area contributed by atoms with E-state index in [1.165, 1.54) is 7.11 Å². The summed E-state index contributed by atoms with van der Waals surface area (Å²) in [6, 6.07) is 0. The topological polar surface area (TPSA) is 26.3 Å². The summed E-state index contributed by atoms with van der Waals surface area (Å²) in [5, 5.41) is -1.18. The van der Waals surface area contributed by atoms with Crippen LogP contribution in [0.2, 0.25) is 0 Å². The number of alkyl halides is 3. The smallest absolute Gasteiger partial charge is 0.426 e. The number of hydrogen-bond donors (Lipinski definition) is 0. The van der Waals surface area contributed by atoms with Crippen LogP contribution in [0.3, 0.4) is 0 Å². The molecule has 0 aliphatic heterocycles. The van der Waals surface area contributed by atoms with E-state index in [4.69, 9.17) is 11.6 Å². The van der Waals surface area contributed by atoms with Gasteiger partial charge in [-0.25, -0.2) is 0 Å². The molecule has 6 heteroatoms. The van der Waals surface area contributed by atoms with Gasteiger partial charge >= 0.3 is 12.1 Å². The number of ether oxygens (including phenoxy) is 1. The lowest BCUT2D eigenvalue weighted by molar-refractivity contribution is -0.143. The average Bonchev–Trinajstić information content (AvgIpc) is 2.65. The molecule has 92 valence electrons. The van der Waals surface area contributed by atoms with E-state index < -0.39 is 34.4 Å². The minimum atomic E-state index is -4.55. The Morgan fingerprint density at radius 3 is 2.31 bits per heavy atom. The van der Waals surface area contributed by atoms with Crippen LogP contribution in [-0.4, -0.2) is 19.3 Å². The zero-order valence-electron chi connectivity index (χ0n) is 9.06. The summed E-state index contributed by atoms with van der Waals surface area (Å²) in [5.74, 6) is -1.57. The quantitative estimate of drug-likeness (QED) is 0.710. The Hall–Kier alpha value is -0.710. The lowest BCUT2D eigenvalue weighted by Crippen LogP contribution is -2.08. The van der Waals surface area contributed by atoms with Crippen molar-refractivity contribution in [3.63, 3.8) is 0 Å². The molecule has 0 bridgehead atoms. The van der Waals surface area contributed by atoms with Gasteiger partial charge in [0.25, 0.3) is 0 Å². The van der Waals surface area contributed by atoms with Gasteiger partial charge in [0.05, 0.1) is 13.0 Å². The molecule has 0 radical (unpaired) electrons. The molecule has 1 aliphatic carbocycles. The summed E-state index contributed by atoms with van der Waals surface area (Å²) in [6.45, 7) is 3.41. The summed E-state index contributed by atoms with van der Waals surface area (Å²) < 4.78 is 41.1. The van der Waals surface area contributed by atoms with Gasteiger partial charge in [-0.05, 0) is 11.3 Å². The first-order valence-corrected chi connectivity index (χ1v) is 5.02. The second-order valence-electron chi connectivity index (χ2n) is 4.36. The Balaban J connectivity index is 2.83. The van der Waals surface area contributed by atoms with Gasteiger partial charge < -0.3 is 4.74 Å². The molecular weight excluding hydrogens is 245 g/mol. The molecular formula is C10H12ClF3O2. The normalized spacial score (nSPS) is 28.8. The van der Waals surface area contributed by atoms with Crippen molar-refractivity contribution in [3.05, 3.63) is 11.1 Å². The molecule has 0 saturated heterocycles. The minimum absolute atomic E-state index is 0.502.